The summed E-state index contributed by atoms with van der Waals surface area (Å²) in [4.78, 5) is 38.5. The van der Waals surface area contributed by atoms with Crippen LogP contribution in [0.3, 0.4) is 0 Å². The van der Waals surface area contributed by atoms with Gasteiger partial charge in [0.2, 0.25) is 0 Å². The average Bonchev–Trinajstić information content (AvgIpc) is 3.47. The molecular weight excluding hydrogens is 1010 g/mol. The molecule has 0 saturated heterocycles. The zero-order valence-electron chi connectivity index (χ0n) is 55.0. The minimum absolute atomic E-state index is 0.0757. The Morgan fingerprint density at radius 1 is 0.256 bits per heavy atom. The van der Waals surface area contributed by atoms with Crippen LogP contribution >= 0.6 is 0 Å². The smallest absolute Gasteiger partial charge is 0.306 e. The highest BCUT2D eigenvalue weighted by Gasteiger charge is 2.19. The molecule has 0 aromatic carbocycles. The van der Waals surface area contributed by atoms with Crippen LogP contribution in [-0.4, -0.2) is 37.2 Å². The molecule has 0 heterocycles. The van der Waals surface area contributed by atoms with Gasteiger partial charge in [-0.3, -0.25) is 14.4 Å². The maximum atomic E-state index is 13.0. The molecule has 0 rings (SSSR count). The molecule has 0 amide bonds. The second kappa shape index (κ2) is 70.6. The molecule has 478 valence electrons. The predicted octanol–water partition coefficient (Wildman–Crippen LogP) is 25.1. The van der Waals surface area contributed by atoms with Gasteiger partial charge < -0.3 is 14.2 Å². The molecule has 0 aliphatic rings. The van der Waals surface area contributed by atoms with Crippen molar-refractivity contribution in [3.05, 3.63) is 60.8 Å². The van der Waals surface area contributed by atoms with E-state index in [-0.39, 0.29) is 31.1 Å². The minimum atomic E-state index is -0.781. The number of allylic oxidation sites excluding steroid dienone is 10. The summed E-state index contributed by atoms with van der Waals surface area (Å²) in [6.07, 6.45) is 91.1. The van der Waals surface area contributed by atoms with E-state index in [0.29, 0.717) is 19.3 Å². The second-order valence-corrected chi connectivity index (χ2v) is 24.5. The van der Waals surface area contributed by atoms with Gasteiger partial charge in [0.15, 0.2) is 6.10 Å². The van der Waals surface area contributed by atoms with E-state index < -0.39 is 6.10 Å². The first-order valence-corrected chi connectivity index (χ1v) is 36.3. The maximum absolute atomic E-state index is 13.0. The first-order chi connectivity index (χ1) is 40.5. The van der Waals surface area contributed by atoms with E-state index in [9.17, 15) is 14.4 Å². The summed E-state index contributed by atoms with van der Waals surface area (Å²) >= 11 is 0. The van der Waals surface area contributed by atoms with Crippen molar-refractivity contribution in [3.63, 3.8) is 0 Å². The maximum Gasteiger partial charge on any atom is 0.306 e. The molecule has 0 saturated carbocycles. The summed E-state index contributed by atoms with van der Waals surface area (Å²) in [5.74, 6) is -0.866. The van der Waals surface area contributed by atoms with E-state index in [2.05, 4.69) is 81.5 Å². The molecule has 0 spiro atoms. The Morgan fingerprint density at radius 3 is 0.756 bits per heavy atom. The summed E-state index contributed by atoms with van der Waals surface area (Å²) in [7, 11) is 0. The lowest BCUT2D eigenvalue weighted by atomic mass is 10.0. The molecular formula is C76H138O6. The fourth-order valence-electron chi connectivity index (χ4n) is 10.8. The Balaban J connectivity index is 4.25. The molecule has 0 aromatic rings. The number of esters is 3. The lowest BCUT2D eigenvalue weighted by molar-refractivity contribution is -0.167. The van der Waals surface area contributed by atoms with E-state index in [1.165, 1.54) is 263 Å². The Labute approximate surface area is 510 Å². The summed E-state index contributed by atoms with van der Waals surface area (Å²) in [6.45, 7) is 6.58. The molecule has 6 nitrogen and oxygen atoms in total. The fraction of sp³-hybridized carbons (Fsp3) is 0.829. The van der Waals surface area contributed by atoms with Crippen LogP contribution in [0.1, 0.15) is 387 Å². The third-order valence-electron chi connectivity index (χ3n) is 16.2. The van der Waals surface area contributed by atoms with E-state index >= 15 is 0 Å². The molecule has 1 atom stereocenters. The molecule has 1 unspecified atom stereocenters. The fourth-order valence-corrected chi connectivity index (χ4v) is 10.8. The van der Waals surface area contributed by atoms with Crippen molar-refractivity contribution in [2.24, 2.45) is 0 Å². The molecule has 82 heavy (non-hydrogen) atoms. The van der Waals surface area contributed by atoms with E-state index in [1.807, 2.05) is 0 Å². The summed E-state index contributed by atoms with van der Waals surface area (Å²) in [5.41, 5.74) is 0. The zero-order chi connectivity index (χ0) is 59.2. The van der Waals surface area contributed by atoms with Crippen molar-refractivity contribution in [1.29, 1.82) is 0 Å². The van der Waals surface area contributed by atoms with Crippen LogP contribution in [0.25, 0.3) is 0 Å². The molecule has 0 N–H and O–H groups in total. The highest BCUT2D eigenvalue weighted by molar-refractivity contribution is 5.71. The third-order valence-corrected chi connectivity index (χ3v) is 16.2. The Bertz CT molecular complexity index is 1460. The van der Waals surface area contributed by atoms with E-state index in [0.717, 1.165) is 83.5 Å². The highest BCUT2D eigenvalue weighted by Crippen LogP contribution is 2.18. The number of carbonyl (C=O) groups is 3. The SMILES string of the molecule is CC/C=C\C/C=C\C/C=C\CCCCCCCCCC(=O)OCC(COC(=O)CCCCCCCCCCCCCCCCCCC/C=C\CCCCCCCCCC)OC(=O)CCCCCCCCC/C=C\CCCCCCCCC. The Hall–Kier alpha value is -2.89. The van der Waals surface area contributed by atoms with Crippen LogP contribution in [-0.2, 0) is 28.6 Å². The monoisotopic (exact) mass is 1150 g/mol. The van der Waals surface area contributed by atoms with Gasteiger partial charge in [0.1, 0.15) is 13.2 Å². The van der Waals surface area contributed by atoms with Gasteiger partial charge in [0.05, 0.1) is 0 Å². The van der Waals surface area contributed by atoms with Crippen molar-refractivity contribution < 1.29 is 28.6 Å². The molecule has 0 aliphatic heterocycles. The number of unbranched alkanes of at least 4 members (excludes halogenated alkanes) is 46. The number of hydrogen-bond acceptors (Lipinski definition) is 6. The Morgan fingerprint density at radius 2 is 0.476 bits per heavy atom. The number of rotatable bonds is 67. The molecule has 0 fully saturated rings. The highest BCUT2D eigenvalue weighted by atomic mass is 16.6. The van der Waals surface area contributed by atoms with Crippen molar-refractivity contribution in [1.82, 2.24) is 0 Å². The summed E-state index contributed by atoms with van der Waals surface area (Å²) in [6, 6.07) is 0. The van der Waals surface area contributed by atoms with Gasteiger partial charge in [-0.25, -0.2) is 0 Å². The largest absolute Gasteiger partial charge is 0.462 e. The van der Waals surface area contributed by atoms with Crippen LogP contribution < -0.4 is 0 Å². The van der Waals surface area contributed by atoms with Gasteiger partial charge in [0, 0.05) is 19.3 Å². The second-order valence-electron chi connectivity index (χ2n) is 24.5. The van der Waals surface area contributed by atoms with E-state index in [1.54, 1.807) is 0 Å². The molecule has 0 bridgehead atoms. The normalized spacial score (nSPS) is 12.4. The van der Waals surface area contributed by atoms with Gasteiger partial charge in [-0.15, -0.1) is 0 Å². The van der Waals surface area contributed by atoms with Crippen LogP contribution in [0, 0.1) is 0 Å². The van der Waals surface area contributed by atoms with Crippen LogP contribution in [0.5, 0.6) is 0 Å². The zero-order valence-corrected chi connectivity index (χ0v) is 55.0. The van der Waals surface area contributed by atoms with Gasteiger partial charge >= 0.3 is 17.9 Å². The van der Waals surface area contributed by atoms with Crippen LogP contribution in [0.4, 0.5) is 0 Å². The van der Waals surface area contributed by atoms with Crippen molar-refractivity contribution in [2.75, 3.05) is 13.2 Å². The predicted molar refractivity (Wildman–Crippen MR) is 358 cm³/mol. The average molecular weight is 1150 g/mol. The molecule has 0 aromatic heterocycles. The standard InChI is InChI=1S/C76H138O6/c1-4-7-10-13-16-19-22-25-28-31-33-34-35-36-37-38-39-40-41-42-43-46-48-51-54-57-60-63-66-69-75(78)81-72-73(71-80-74(77)68-65-62-59-56-53-50-47-44-30-27-24-21-18-15-12-9-6-3)82-76(79)70-67-64-61-58-55-52-49-45-32-29-26-23-20-17-14-11-8-5-2/h9,12,18,21,27,29-33,73H,4-8,10-11,13-17,19-20,22-26,28,34-72H2,1-3H3/b12-9-,21-18-,30-27-,32-29-,33-31-. The van der Waals surface area contributed by atoms with E-state index in [4.69, 9.17) is 14.2 Å². The molecule has 6 heteroatoms. The van der Waals surface area contributed by atoms with Gasteiger partial charge in [-0.2, -0.15) is 0 Å². The summed E-state index contributed by atoms with van der Waals surface area (Å²) in [5, 5.41) is 0. The number of ether oxygens (including phenoxy) is 3. The minimum Gasteiger partial charge on any atom is -0.462 e. The number of hydrogen-bond donors (Lipinski definition) is 0. The van der Waals surface area contributed by atoms with Gasteiger partial charge in [0.25, 0.3) is 0 Å². The van der Waals surface area contributed by atoms with Crippen molar-refractivity contribution in [2.45, 2.75) is 393 Å². The van der Waals surface area contributed by atoms with Gasteiger partial charge in [-0.05, 0) is 103 Å². The van der Waals surface area contributed by atoms with Crippen LogP contribution in [0.15, 0.2) is 60.8 Å². The molecule has 0 aliphatic carbocycles. The quantitative estimate of drug-likeness (QED) is 0.0261. The van der Waals surface area contributed by atoms with Crippen molar-refractivity contribution >= 4 is 17.9 Å². The summed E-state index contributed by atoms with van der Waals surface area (Å²) < 4.78 is 17.0. The van der Waals surface area contributed by atoms with Gasteiger partial charge in [-0.1, -0.05) is 326 Å². The first-order valence-electron chi connectivity index (χ1n) is 36.3. The topological polar surface area (TPSA) is 78.9 Å². The third kappa shape index (κ3) is 67.9. The first kappa shape index (κ1) is 79.1. The van der Waals surface area contributed by atoms with Crippen LogP contribution in [0.2, 0.25) is 0 Å². The lowest BCUT2D eigenvalue weighted by Crippen LogP contribution is -2.30. The van der Waals surface area contributed by atoms with Crippen molar-refractivity contribution in [3.8, 4) is 0 Å². The lowest BCUT2D eigenvalue weighted by Gasteiger charge is -2.18. The number of carbonyl (C=O) groups excluding carboxylic acids is 3. The molecule has 0 radical (unpaired) electrons. The Kier molecular flexibility index (Phi) is 68.1.